The minimum absolute atomic E-state index is 0.123. The zero-order valence-corrected chi connectivity index (χ0v) is 17.0. The molecule has 0 radical (unpaired) electrons. The Balaban J connectivity index is 0.00000117. The Bertz CT molecular complexity index is 859. The molecule has 29 heavy (non-hydrogen) atoms. The van der Waals surface area contributed by atoms with Gasteiger partial charge in [0.05, 0.1) is 18.8 Å². The first kappa shape index (κ1) is 20.9. The number of fused-ring (bicyclic) bond motifs is 1. The number of anilines is 1. The van der Waals surface area contributed by atoms with Crippen molar-refractivity contribution in [3.63, 3.8) is 0 Å². The zero-order chi connectivity index (χ0) is 20.8. The summed E-state index contributed by atoms with van der Waals surface area (Å²) in [6.07, 6.45) is 1.70. The maximum atomic E-state index is 13.4. The fraction of sp³-hybridized carbons (Fsp3) is 0.409. The molecule has 0 aromatic heterocycles. The summed E-state index contributed by atoms with van der Waals surface area (Å²) in [6.45, 7) is 5.65. The Kier molecular flexibility index (Phi) is 6.93. The highest BCUT2D eigenvalue weighted by molar-refractivity contribution is 5.96. The average molecular weight is 402 g/mol. The van der Waals surface area contributed by atoms with Crippen molar-refractivity contribution in [1.82, 2.24) is 4.90 Å². The van der Waals surface area contributed by atoms with Crippen molar-refractivity contribution < 1.29 is 23.4 Å². The van der Waals surface area contributed by atoms with Gasteiger partial charge in [0.2, 0.25) is 12.7 Å². The molecule has 156 valence electrons. The van der Waals surface area contributed by atoms with E-state index in [9.17, 15) is 9.18 Å². The third-order valence-electron chi connectivity index (χ3n) is 4.94. The number of amides is 1. The number of nitrogens with zero attached hydrogens (tertiary/aromatic N) is 1. The number of carbonyl (C=O) groups excluding carboxylic acids is 1. The van der Waals surface area contributed by atoms with Gasteiger partial charge >= 0.3 is 0 Å². The molecule has 1 atom stereocenters. The van der Waals surface area contributed by atoms with Crippen LogP contribution in [0.3, 0.4) is 0 Å². The molecule has 2 aromatic rings. The van der Waals surface area contributed by atoms with E-state index in [0.717, 1.165) is 36.4 Å². The summed E-state index contributed by atoms with van der Waals surface area (Å²) in [5.41, 5.74) is 1.47. The number of nitrogens with one attached hydrogen (secondary N) is 1. The summed E-state index contributed by atoms with van der Waals surface area (Å²) in [5.74, 6) is 1.27. The first-order valence-corrected chi connectivity index (χ1v) is 9.91. The van der Waals surface area contributed by atoms with Crippen LogP contribution in [0.4, 0.5) is 10.1 Å². The molecule has 1 fully saturated rings. The van der Waals surface area contributed by atoms with E-state index in [-0.39, 0.29) is 18.7 Å². The van der Waals surface area contributed by atoms with Crippen LogP contribution in [-0.4, -0.2) is 37.3 Å². The number of hydrogen-bond donors (Lipinski definition) is 1. The van der Waals surface area contributed by atoms with Gasteiger partial charge in [0.25, 0.3) is 0 Å². The molecule has 0 saturated carbocycles. The lowest BCUT2D eigenvalue weighted by Gasteiger charge is -2.24. The van der Waals surface area contributed by atoms with E-state index in [1.807, 2.05) is 32.0 Å². The number of para-hydroxylation sites is 1. The van der Waals surface area contributed by atoms with Crippen molar-refractivity contribution >= 4 is 11.6 Å². The lowest BCUT2D eigenvalue weighted by atomic mass is 10.1. The number of benzene rings is 2. The zero-order valence-electron chi connectivity index (χ0n) is 17.0. The number of hydrogen-bond acceptors (Lipinski definition) is 5. The highest BCUT2D eigenvalue weighted by atomic mass is 19.1. The molecule has 7 heteroatoms. The normalized spacial score (nSPS) is 17.4. The molecule has 2 aliphatic rings. The monoisotopic (exact) mass is 402 g/mol. The second-order valence-electron chi connectivity index (χ2n) is 6.61. The van der Waals surface area contributed by atoms with Gasteiger partial charge in [-0.25, -0.2) is 4.39 Å². The van der Waals surface area contributed by atoms with Crippen molar-refractivity contribution in [2.75, 3.05) is 25.8 Å². The summed E-state index contributed by atoms with van der Waals surface area (Å²) in [4.78, 5) is 15.0. The van der Waals surface area contributed by atoms with Gasteiger partial charge in [-0.05, 0) is 37.6 Å². The second kappa shape index (κ2) is 9.60. The Morgan fingerprint density at radius 2 is 2.10 bits per heavy atom. The standard InChI is InChI=1S/C20H21FN2O4.C2H6/c1-25-18-10-14(21)7-8-15(18)22-20(24)16-5-3-9-23(16)11-13-4-2-6-17-19(13)27-12-26-17;1-2/h2,4,6-8,10,16H,3,5,9,11-12H2,1H3,(H,22,24);1-2H3. The lowest BCUT2D eigenvalue weighted by Crippen LogP contribution is -2.39. The van der Waals surface area contributed by atoms with Crippen molar-refractivity contribution in [2.24, 2.45) is 0 Å². The third-order valence-corrected chi connectivity index (χ3v) is 4.94. The Morgan fingerprint density at radius 1 is 1.28 bits per heavy atom. The molecule has 0 aliphatic carbocycles. The van der Waals surface area contributed by atoms with Crippen LogP contribution < -0.4 is 19.5 Å². The van der Waals surface area contributed by atoms with E-state index in [1.54, 1.807) is 0 Å². The summed E-state index contributed by atoms with van der Waals surface area (Å²) in [5, 5.41) is 2.87. The molecule has 1 unspecified atom stereocenters. The largest absolute Gasteiger partial charge is 0.494 e. The number of carbonyl (C=O) groups is 1. The van der Waals surface area contributed by atoms with Gasteiger partial charge in [-0.3, -0.25) is 9.69 Å². The van der Waals surface area contributed by atoms with Crippen LogP contribution in [0.5, 0.6) is 17.2 Å². The number of halogens is 1. The lowest BCUT2D eigenvalue weighted by molar-refractivity contribution is -0.120. The number of likely N-dealkylation sites (tertiary alicyclic amines) is 1. The summed E-state index contributed by atoms with van der Waals surface area (Å²) in [6, 6.07) is 9.60. The first-order valence-electron chi connectivity index (χ1n) is 9.91. The smallest absolute Gasteiger partial charge is 0.241 e. The van der Waals surface area contributed by atoms with Crippen LogP contribution in [0.2, 0.25) is 0 Å². The van der Waals surface area contributed by atoms with Gasteiger partial charge in [-0.1, -0.05) is 26.0 Å². The predicted molar refractivity (Wildman–Crippen MR) is 109 cm³/mol. The van der Waals surface area contributed by atoms with Crippen LogP contribution >= 0.6 is 0 Å². The van der Waals surface area contributed by atoms with Gasteiger partial charge in [-0.2, -0.15) is 0 Å². The van der Waals surface area contributed by atoms with Gasteiger partial charge in [-0.15, -0.1) is 0 Å². The third kappa shape index (κ3) is 4.62. The molecule has 1 amide bonds. The van der Waals surface area contributed by atoms with Crippen LogP contribution in [0.15, 0.2) is 36.4 Å². The van der Waals surface area contributed by atoms with Gasteiger partial charge < -0.3 is 19.5 Å². The molecule has 1 N–H and O–H groups in total. The molecular weight excluding hydrogens is 375 g/mol. The molecule has 1 saturated heterocycles. The highest BCUT2D eigenvalue weighted by Crippen LogP contribution is 2.37. The van der Waals surface area contributed by atoms with E-state index in [4.69, 9.17) is 14.2 Å². The van der Waals surface area contributed by atoms with E-state index in [0.29, 0.717) is 18.0 Å². The van der Waals surface area contributed by atoms with Gasteiger partial charge in [0.15, 0.2) is 11.5 Å². The van der Waals surface area contributed by atoms with E-state index in [2.05, 4.69) is 10.2 Å². The molecule has 0 bridgehead atoms. The van der Waals surface area contributed by atoms with Crippen LogP contribution in [0.1, 0.15) is 32.3 Å². The van der Waals surface area contributed by atoms with Gasteiger partial charge in [0, 0.05) is 18.2 Å². The van der Waals surface area contributed by atoms with Crippen molar-refractivity contribution in [2.45, 2.75) is 39.3 Å². The van der Waals surface area contributed by atoms with Crippen LogP contribution in [-0.2, 0) is 11.3 Å². The topological polar surface area (TPSA) is 60.0 Å². The molecule has 2 aromatic carbocycles. The van der Waals surface area contributed by atoms with Gasteiger partial charge in [0.1, 0.15) is 11.6 Å². The molecule has 6 nitrogen and oxygen atoms in total. The SMILES string of the molecule is CC.COc1cc(F)ccc1NC(=O)C1CCCN1Cc1cccc2c1OCO2. The van der Waals surface area contributed by atoms with Crippen molar-refractivity contribution in [3.05, 3.63) is 47.8 Å². The van der Waals surface area contributed by atoms with Crippen LogP contribution in [0.25, 0.3) is 0 Å². The van der Waals surface area contributed by atoms with E-state index in [1.165, 1.54) is 25.3 Å². The molecular formula is C22H27FN2O4. The molecule has 4 rings (SSSR count). The molecule has 2 heterocycles. The maximum Gasteiger partial charge on any atom is 0.241 e. The van der Waals surface area contributed by atoms with Crippen LogP contribution in [0, 0.1) is 5.82 Å². The number of ether oxygens (including phenoxy) is 3. The number of methoxy groups -OCH3 is 1. The first-order chi connectivity index (χ1) is 14.2. The molecule has 0 spiro atoms. The fourth-order valence-electron chi connectivity index (χ4n) is 3.63. The minimum atomic E-state index is -0.410. The summed E-state index contributed by atoms with van der Waals surface area (Å²) < 4.78 is 29.5. The average Bonchev–Trinajstić information content (AvgIpc) is 3.40. The Labute approximate surface area is 170 Å². The summed E-state index contributed by atoms with van der Waals surface area (Å²) in [7, 11) is 1.45. The molecule has 2 aliphatic heterocycles. The Hall–Kier alpha value is -2.80. The quantitative estimate of drug-likeness (QED) is 0.813. The minimum Gasteiger partial charge on any atom is -0.494 e. The van der Waals surface area contributed by atoms with Crippen molar-refractivity contribution in [3.8, 4) is 17.2 Å². The highest BCUT2D eigenvalue weighted by Gasteiger charge is 2.32. The summed E-state index contributed by atoms with van der Waals surface area (Å²) >= 11 is 0. The number of rotatable bonds is 5. The fourth-order valence-corrected chi connectivity index (χ4v) is 3.63. The maximum absolute atomic E-state index is 13.4. The Morgan fingerprint density at radius 3 is 2.90 bits per heavy atom. The second-order valence-corrected chi connectivity index (χ2v) is 6.61. The van der Waals surface area contributed by atoms with E-state index < -0.39 is 5.82 Å². The van der Waals surface area contributed by atoms with Crippen molar-refractivity contribution in [1.29, 1.82) is 0 Å². The predicted octanol–water partition coefficient (Wildman–Crippen LogP) is 4.19. The van der Waals surface area contributed by atoms with E-state index >= 15 is 0 Å².